The van der Waals surface area contributed by atoms with Crippen molar-refractivity contribution >= 4 is 40.7 Å². The molecule has 1 atom stereocenters. The maximum atomic E-state index is 11.7. The van der Waals surface area contributed by atoms with Crippen LogP contribution in [0.25, 0.3) is 0 Å². The van der Waals surface area contributed by atoms with E-state index < -0.39 is 9.70 Å². The summed E-state index contributed by atoms with van der Waals surface area (Å²) in [6.45, 7) is 2.50. The van der Waals surface area contributed by atoms with Crippen LogP contribution < -0.4 is 10.1 Å². The van der Waals surface area contributed by atoms with E-state index in [-0.39, 0.29) is 6.04 Å². The van der Waals surface area contributed by atoms with Crippen molar-refractivity contribution in [2.75, 3.05) is 6.61 Å². The lowest BCUT2D eigenvalue weighted by Gasteiger charge is -2.28. The lowest BCUT2D eigenvalue weighted by molar-refractivity contribution is -0.121. The lowest BCUT2D eigenvalue weighted by Crippen LogP contribution is -2.39. The molecule has 6 heteroatoms. The summed E-state index contributed by atoms with van der Waals surface area (Å²) in [6, 6.07) is 5.63. The van der Waals surface area contributed by atoms with Crippen LogP contribution in [0, 0.1) is 6.92 Å². The fourth-order valence-electron chi connectivity index (χ4n) is 1.90. The van der Waals surface area contributed by atoms with Crippen molar-refractivity contribution in [2.45, 2.75) is 23.2 Å². The van der Waals surface area contributed by atoms with Crippen LogP contribution in [0.3, 0.4) is 0 Å². The first-order valence-corrected chi connectivity index (χ1v) is 6.62. The van der Waals surface area contributed by atoms with Gasteiger partial charge in [-0.1, -0.05) is 52.5 Å². The monoisotopic (exact) mass is 307 g/mol. The van der Waals surface area contributed by atoms with Crippen LogP contribution >= 0.6 is 34.8 Å². The van der Waals surface area contributed by atoms with E-state index >= 15 is 0 Å². The summed E-state index contributed by atoms with van der Waals surface area (Å²) < 4.78 is 3.58. The number of alkyl halides is 3. The van der Waals surface area contributed by atoms with Gasteiger partial charge in [0.05, 0.1) is 12.6 Å². The van der Waals surface area contributed by atoms with E-state index in [1.807, 2.05) is 25.1 Å². The fraction of sp³-hybridized carbons (Fsp3) is 0.417. The standard InChI is InChI=1S/C12H12Cl3NO2/c1-7-2-3-10-8(6-7)9(4-5-18-10)16-11(17)12(13,14)15/h2-3,6,9H,4-5H2,1H3,(H,16,17). The number of benzene rings is 1. The number of carbonyl (C=O) groups is 1. The van der Waals surface area contributed by atoms with Gasteiger partial charge in [0.2, 0.25) is 0 Å². The first-order valence-electron chi connectivity index (χ1n) is 5.49. The molecule has 3 nitrogen and oxygen atoms in total. The van der Waals surface area contributed by atoms with Crippen LogP contribution in [-0.4, -0.2) is 16.3 Å². The Labute approximate surface area is 120 Å². The zero-order valence-corrected chi connectivity index (χ0v) is 11.9. The normalized spacial score (nSPS) is 18.8. The van der Waals surface area contributed by atoms with Gasteiger partial charge in [-0.2, -0.15) is 0 Å². The Morgan fingerprint density at radius 1 is 1.44 bits per heavy atom. The minimum absolute atomic E-state index is 0.184. The van der Waals surface area contributed by atoms with Gasteiger partial charge >= 0.3 is 0 Å². The number of fused-ring (bicyclic) bond motifs is 1. The molecule has 0 aromatic heterocycles. The molecule has 0 bridgehead atoms. The van der Waals surface area contributed by atoms with Gasteiger partial charge in [-0.25, -0.2) is 0 Å². The number of hydrogen-bond acceptors (Lipinski definition) is 2. The average Bonchev–Trinajstić information content (AvgIpc) is 2.28. The second-order valence-electron chi connectivity index (χ2n) is 4.20. The van der Waals surface area contributed by atoms with Gasteiger partial charge in [0.15, 0.2) is 0 Å². The van der Waals surface area contributed by atoms with Crippen LogP contribution in [0.5, 0.6) is 5.75 Å². The molecule has 1 aromatic rings. The average molecular weight is 309 g/mol. The Hall–Kier alpha value is -0.640. The Morgan fingerprint density at radius 2 is 2.17 bits per heavy atom. The van der Waals surface area contributed by atoms with Gasteiger partial charge in [0, 0.05) is 12.0 Å². The highest BCUT2D eigenvalue weighted by Gasteiger charge is 2.34. The van der Waals surface area contributed by atoms with Crippen molar-refractivity contribution in [3.8, 4) is 5.75 Å². The van der Waals surface area contributed by atoms with Gasteiger partial charge in [-0.15, -0.1) is 0 Å². The summed E-state index contributed by atoms with van der Waals surface area (Å²) in [5.41, 5.74) is 2.01. The number of nitrogens with one attached hydrogen (secondary N) is 1. The van der Waals surface area contributed by atoms with E-state index in [0.717, 1.165) is 16.9 Å². The van der Waals surface area contributed by atoms with Crippen molar-refractivity contribution in [1.29, 1.82) is 0 Å². The van der Waals surface area contributed by atoms with Crippen LogP contribution in [0.4, 0.5) is 0 Å². The number of ether oxygens (including phenoxy) is 1. The van der Waals surface area contributed by atoms with E-state index in [2.05, 4.69) is 5.32 Å². The van der Waals surface area contributed by atoms with Gasteiger partial charge in [0.25, 0.3) is 9.70 Å². The number of rotatable bonds is 1. The molecule has 1 aliphatic heterocycles. The van der Waals surface area contributed by atoms with Gasteiger partial charge in [0.1, 0.15) is 5.75 Å². The number of carbonyl (C=O) groups excluding carboxylic acids is 1. The third-order valence-electron chi connectivity index (χ3n) is 2.77. The number of halogens is 3. The smallest absolute Gasteiger partial charge is 0.272 e. The maximum absolute atomic E-state index is 11.7. The molecule has 1 amide bonds. The van der Waals surface area contributed by atoms with Gasteiger partial charge in [-0.3, -0.25) is 4.79 Å². The predicted molar refractivity (Wildman–Crippen MR) is 72.5 cm³/mol. The minimum Gasteiger partial charge on any atom is -0.493 e. The molecular weight excluding hydrogens is 296 g/mol. The van der Waals surface area contributed by atoms with Crippen molar-refractivity contribution in [3.05, 3.63) is 29.3 Å². The largest absolute Gasteiger partial charge is 0.493 e. The summed E-state index contributed by atoms with van der Waals surface area (Å²) in [6.07, 6.45) is 0.656. The number of aryl methyl sites for hydroxylation is 1. The third-order valence-corrected chi connectivity index (χ3v) is 3.28. The molecule has 1 N–H and O–H groups in total. The van der Waals surface area contributed by atoms with E-state index in [1.165, 1.54) is 0 Å². The first-order chi connectivity index (χ1) is 8.38. The summed E-state index contributed by atoms with van der Waals surface area (Å²) in [4.78, 5) is 11.7. The predicted octanol–water partition coefficient (Wildman–Crippen LogP) is 3.31. The second kappa shape index (κ2) is 5.16. The SMILES string of the molecule is Cc1ccc2c(c1)C(NC(=O)C(Cl)(Cl)Cl)CCO2. The molecule has 1 aliphatic rings. The number of amides is 1. The molecular formula is C12H12Cl3NO2. The van der Waals surface area contributed by atoms with E-state index in [1.54, 1.807) is 0 Å². The summed E-state index contributed by atoms with van der Waals surface area (Å²) in [5, 5.41) is 2.73. The highest BCUT2D eigenvalue weighted by Crippen LogP contribution is 2.34. The molecule has 1 aromatic carbocycles. The second-order valence-corrected chi connectivity index (χ2v) is 6.48. The van der Waals surface area contributed by atoms with Gasteiger partial charge in [-0.05, 0) is 13.0 Å². The Bertz CT molecular complexity index is 471. The molecule has 98 valence electrons. The first kappa shape index (κ1) is 13.8. The molecule has 0 radical (unpaired) electrons. The van der Waals surface area contributed by atoms with Crippen molar-refractivity contribution in [3.63, 3.8) is 0 Å². The molecule has 2 rings (SSSR count). The topological polar surface area (TPSA) is 38.3 Å². The molecule has 1 unspecified atom stereocenters. The zero-order valence-electron chi connectivity index (χ0n) is 9.67. The van der Waals surface area contributed by atoms with Crippen molar-refractivity contribution in [1.82, 2.24) is 5.32 Å². The zero-order chi connectivity index (χ0) is 13.3. The van der Waals surface area contributed by atoms with E-state index in [0.29, 0.717) is 13.0 Å². The summed E-state index contributed by atoms with van der Waals surface area (Å²) in [7, 11) is 0. The van der Waals surface area contributed by atoms with Crippen LogP contribution in [-0.2, 0) is 4.79 Å². The Kier molecular flexibility index (Phi) is 3.95. The summed E-state index contributed by atoms with van der Waals surface area (Å²) >= 11 is 16.6. The fourth-order valence-corrected chi connectivity index (χ4v) is 2.07. The van der Waals surface area contributed by atoms with Crippen LogP contribution in [0.2, 0.25) is 0 Å². The molecule has 0 aliphatic carbocycles. The highest BCUT2D eigenvalue weighted by atomic mass is 35.6. The van der Waals surface area contributed by atoms with E-state index in [9.17, 15) is 4.79 Å². The van der Waals surface area contributed by atoms with E-state index in [4.69, 9.17) is 39.5 Å². The minimum atomic E-state index is -1.94. The molecule has 0 saturated carbocycles. The Balaban J connectivity index is 2.22. The quantitative estimate of drug-likeness (QED) is 0.808. The highest BCUT2D eigenvalue weighted by molar-refractivity contribution is 6.76. The molecule has 0 fully saturated rings. The lowest BCUT2D eigenvalue weighted by atomic mass is 9.98. The number of hydrogen-bond donors (Lipinski definition) is 1. The Morgan fingerprint density at radius 3 is 2.83 bits per heavy atom. The molecule has 0 spiro atoms. The van der Waals surface area contributed by atoms with Crippen LogP contribution in [0.15, 0.2) is 18.2 Å². The third kappa shape index (κ3) is 3.02. The summed E-state index contributed by atoms with van der Waals surface area (Å²) in [5.74, 6) is 0.147. The molecule has 18 heavy (non-hydrogen) atoms. The van der Waals surface area contributed by atoms with Crippen molar-refractivity contribution < 1.29 is 9.53 Å². The van der Waals surface area contributed by atoms with Crippen LogP contribution in [0.1, 0.15) is 23.6 Å². The van der Waals surface area contributed by atoms with Gasteiger partial charge < -0.3 is 10.1 Å². The molecule has 0 saturated heterocycles. The molecule has 1 heterocycles. The maximum Gasteiger partial charge on any atom is 0.272 e. The van der Waals surface area contributed by atoms with Crippen molar-refractivity contribution in [2.24, 2.45) is 0 Å².